The van der Waals surface area contributed by atoms with Crippen molar-refractivity contribution in [3.05, 3.63) is 12.7 Å². The molecule has 0 saturated carbocycles. The molecule has 0 saturated heterocycles. The highest BCUT2D eigenvalue weighted by atomic mass is 31.3. The normalized spacial score (nSPS) is 19.9. The standard InChI is InChI=1S/C5H13O10P3/c1-4-5(2,3)13-17(9,10)15-18(11,12)14-16(6,7)8/h4H,1H2,2-3H3,(H,9,10)(H,11,12)(H2,6,7,8). The lowest BCUT2D eigenvalue weighted by atomic mass is 10.1. The third-order valence-electron chi connectivity index (χ3n) is 1.26. The van der Waals surface area contributed by atoms with E-state index in [-0.39, 0.29) is 0 Å². The van der Waals surface area contributed by atoms with E-state index in [0.717, 1.165) is 6.08 Å². The average Bonchev–Trinajstić information content (AvgIpc) is 1.93. The van der Waals surface area contributed by atoms with Gasteiger partial charge in [0.25, 0.3) is 0 Å². The Morgan fingerprint density at radius 2 is 1.44 bits per heavy atom. The molecule has 0 radical (unpaired) electrons. The zero-order valence-corrected chi connectivity index (χ0v) is 12.0. The molecule has 108 valence electrons. The van der Waals surface area contributed by atoms with E-state index >= 15 is 0 Å². The van der Waals surface area contributed by atoms with Gasteiger partial charge in [0, 0.05) is 0 Å². The summed E-state index contributed by atoms with van der Waals surface area (Å²) >= 11 is 0. The van der Waals surface area contributed by atoms with E-state index in [4.69, 9.17) is 19.6 Å². The molecule has 0 aromatic heterocycles. The fourth-order valence-electron chi connectivity index (χ4n) is 0.631. The second kappa shape index (κ2) is 5.64. The number of hydrogen-bond donors (Lipinski definition) is 4. The molecule has 0 rings (SSSR count). The number of phosphoric acid groups is 3. The van der Waals surface area contributed by atoms with Gasteiger partial charge < -0.3 is 19.6 Å². The Kier molecular flexibility index (Phi) is 5.69. The van der Waals surface area contributed by atoms with Crippen LogP contribution in [0.15, 0.2) is 12.7 Å². The minimum atomic E-state index is -5.47. The second-order valence-electron chi connectivity index (χ2n) is 3.49. The van der Waals surface area contributed by atoms with Crippen molar-refractivity contribution in [2.24, 2.45) is 0 Å². The lowest BCUT2D eigenvalue weighted by Gasteiger charge is -2.24. The van der Waals surface area contributed by atoms with Crippen molar-refractivity contribution < 1.29 is 46.4 Å². The minimum absolute atomic E-state index is 1.10. The van der Waals surface area contributed by atoms with Crippen LogP contribution in [0.3, 0.4) is 0 Å². The van der Waals surface area contributed by atoms with Crippen molar-refractivity contribution in [1.29, 1.82) is 0 Å². The van der Waals surface area contributed by atoms with E-state index in [2.05, 4.69) is 19.7 Å². The van der Waals surface area contributed by atoms with E-state index in [0.29, 0.717) is 0 Å². The van der Waals surface area contributed by atoms with Crippen LogP contribution in [0.4, 0.5) is 0 Å². The van der Waals surface area contributed by atoms with Gasteiger partial charge >= 0.3 is 23.5 Å². The van der Waals surface area contributed by atoms with Crippen LogP contribution in [0, 0.1) is 0 Å². The molecule has 0 aromatic carbocycles. The SMILES string of the molecule is C=CC(C)(C)OP(=O)(O)OP(=O)(O)OP(=O)(O)O. The summed E-state index contributed by atoms with van der Waals surface area (Å²) < 4.78 is 44.0. The molecule has 0 amide bonds. The fraction of sp³-hybridized carbons (Fsp3) is 0.600. The average molecular weight is 326 g/mol. The molecule has 13 heteroatoms. The highest BCUT2D eigenvalue weighted by Gasteiger charge is 2.42. The molecule has 0 aliphatic rings. The highest BCUT2D eigenvalue weighted by Crippen LogP contribution is 2.67. The van der Waals surface area contributed by atoms with Gasteiger partial charge in [0.2, 0.25) is 0 Å². The maximum atomic E-state index is 11.3. The molecule has 2 unspecified atom stereocenters. The molecule has 0 heterocycles. The Morgan fingerprint density at radius 3 is 1.78 bits per heavy atom. The third-order valence-corrected chi connectivity index (χ3v) is 5.29. The Balaban J connectivity index is 4.88. The zero-order valence-electron chi connectivity index (χ0n) is 9.36. The molecule has 0 bridgehead atoms. The first-order valence-corrected chi connectivity index (χ1v) is 8.68. The van der Waals surface area contributed by atoms with Crippen LogP contribution in [0.2, 0.25) is 0 Å². The van der Waals surface area contributed by atoms with Crippen LogP contribution in [-0.2, 0) is 26.8 Å². The van der Waals surface area contributed by atoms with Gasteiger partial charge in [0.05, 0.1) is 5.60 Å². The molecule has 0 aliphatic heterocycles. The largest absolute Gasteiger partial charge is 0.490 e. The molecular formula is C5H13O10P3. The van der Waals surface area contributed by atoms with Crippen molar-refractivity contribution >= 4 is 23.5 Å². The molecule has 10 nitrogen and oxygen atoms in total. The molecule has 0 aliphatic carbocycles. The van der Waals surface area contributed by atoms with Crippen molar-refractivity contribution in [3.8, 4) is 0 Å². The van der Waals surface area contributed by atoms with Crippen LogP contribution < -0.4 is 0 Å². The first-order chi connectivity index (χ1) is 7.68. The van der Waals surface area contributed by atoms with Gasteiger partial charge in [-0.05, 0) is 13.8 Å². The first kappa shape index (κ1) is 18.1. The van der Waals surface area contributed by atoms with Crippen LogP contribution >= 0.6 is 23.5 Å². The third kappa shape index (κ3) is 8.29. The lowest BCUT2D eigenvalue weighted by molar-refractivity contribution is 0.0996. The Labute approximate surface area is 103 Å². The van der Waals surface area contributed by atoms with Crippen LogP contribution in [0.1, 0.15) is 13.8 Å². The summed E-state index contributed by atoms with van der Waals surface area (Å²) in [5.41, 5.74) is -1.38. The Hall–Kier alpha value is 0.150. The fourth-order valence-corrected chi connectivity index (χ4v) is 3.94. The van der Waals surface area contributed by atoms with Gasteiger partial charge in [0.1, 0.15) is 0 Å². The number of phosphoric ester groups is 1. The van der Waals surface area contributed by atoms with Gasteiger partial charge in [0.15, 0.2) is 0 Å². The quantitative estimate of drug-likeness (QED) is 0.396. The summed E-state index contributed by atoms with van der Waals surface area (Å²) in [6, 6.07) is 0. The smallest absolute Gasteiger partial charge is 0.302 e. The van der Waals surface area contributed by atoms with Crippen LogP contribution in [-0.4, -0.2) is 25.2 Å². The summed E-state index contributed by atoms with van der Waals surface area (Å²) in [5.74, 6) is 0. The van der Waals surface area contributed by atoms with Crippen LogP contribution in [0.25, 0.3) is 0 Å². The Bertz CT molecular complexity index is 448. The molecule has 0 fully saturated rings. The van der Waals surface area contributed by atoms with Gasteiger partial charge in [-0.2, -0.15) is 8.62 Å². The molecule has 4 N–H and O–H groups in total. The maximum absolute atomic E-state index is 11.3. The van der Waals surface area contributed by atoms with E-state index in [1.54, 1.807) is 0 Å². The van der Waals surface area contributed by atoms with Crippen molar-refractivity contribution in [2.45, 2.75) is 19.4 Å². The summed E-state index contributed by atoms with van der Waals surface area (Å²) in [4.78, 5) is 34.5. The van der Waals surface area contributed by atoms with Gasteiger partial charge in [-0.1, -0.05) is 6.08 Å². The first-order valence-electron chi connectivity index (χ1n) is 4.16. The molecular weight excluding hydrogens is 313 g/mol. The van der Waals surface area contributed by atoms with Crippen molar-refractivity contribution in [2.75, 3.05) is 0 Å². The maximum Gasteiger partial charge on any atom is 0.490 e. The monoisotopic (exact) mass is 326 g/mol. The topological polar surface area (TPSA) is 160 Å². The second-order valence-corrected chi connectivity index (χ2v) is 7.83. The summed E-state index contributed by atoms with van der Waals surface area (Å²) in [6.45, 7) is 5.85. The highest BCUT2D eigenvalue weighted by molar-refractivity contribution is 7.66. The summed E-state index contributed by atoms with van der Waals surface area (Å²) in [6.07, 6.45) is 1.10. The van der Waals surface area contributed by atoms with Crippen molar-refractivity contribution in [3.63, 3.8) is 0 Å². The van der Waals surface area contributed by atoms with E-state index in [1.807, 2.05) is 0 Å². The molecule has 18 heavy (non-hydrogen) atoms. The summed E-state index contributed by atoms with van der Waals surface area (Å²) in [5, 5.41) is 0. The number of rotatable bonds is 7. The Morgan fingerprint density at radius 1 is 1.00 bits per heavy atom. The van der Waals surface area contributed by atoms with Gasteiger partial charge in [-0.15, -0.1) is 6.58 Å². The van der Waals surface area contributed by atoms with E-state index in [1.165, 1.54) is 13.8 Å². The molecule has 0 spiro atoms. The van der Waals surface area contributed by atoms with E-state index in [9.17, 15) is 13.7 Å². The minimum Gasteiger partial charge on any atom is -0.302 e. The number of hydrogen-bond acceptors (Lipinski definition) is 6. The molecule has 2 atom stereocenters. The van der Waals surface area contributed by atoms with Gasteiger partial charge in [-0.25, -0.2) is 13.7 Å². The summed E-state index contributed by atoms with van der Waals surface area (Å²) in [7, 11) is -15.9. The van der Waals surface area contributed by atoms with Crippen molar-refractivity contribution in [1.82, 2.24) is 0 Å². The predicted octanol–water partition coefficient (Wildman–Crippen LogP) is 1.29. The van der Waals surface area contributed by atoms with Gasteiger partial charge in [-0.3, -0.25) is 4.52 Å². The van der Waals surface area contributed by atoms with E-state index < -0.39 is 29.1 Å². The zero-order chi connectivity index (χ0) is 14.8. The van der Waals surface area contributed by atoms with Crippen LogP contribution in [0.5, 0.6) is 0 Å². The lowest BCUT2D eigenvalue weighted by Crippen LogP contribution is -2.19. The molecule has 0 aromatic rings. The predicted molar refractivity (Wildman–Crippen MR) is 59.2 cm³/mol.